The van der Waals surface area contributed by atoms with Crippen LogP contribution in [0.15, 0.2) is 59.2 Å². The summed E-state index contributed by atoms with van der Waals surface area (Å²) in [6.45, 7) is 0. The van der Waals surface area contributed by atoms with Crippen LogP contribution >= 0.6 is 0 Å². The van der Waals surface area contributed by atoms with E-state index < -0.39 is 0 Å². The maximum Gasteiger partial charge on any atom is 0.152 e. The molecule has 3 heteroatoms. The van der Waals surface area contributed by atoms with Crippen molar-refractivity contribution in [2.45, 2.75) is 38.0 Å². The van der Waals surface area contributed by atoms with Crippen molar-refractivity contribution in [3.8, 4) is 28.5 Å². The maximum atomic E-state index is 10.2. The molecule has 0 saturated heterocycles. The summed E-state index contributed by atoms with van der Waals surface area (Å²) in [7, 11) is 0. The molecule has 1 aliphatic rings. The summed E-state index contributed by atoms with van der Waals surface area (Å²) >= 11 is 0. The van der Waals surface area contributed by atoms with E-state index in [9.17, 15) is 5.11 Å². The third kappa shape index (κ3) is 2.94. The molecule has 4 rings (SSSR count). The van der Waals surface area contributed by atoms with Gasteiger partial charge < -0.3 is 9.52 Å². The van der Waals surface area contributed by atoms with Gasteiger partial charge in [0.2, 0.25) is 0 Å². The molecule has 1 aliphatic carbocycles. The summed E-state index contributed by atoms with van der Waals surface area (Å²) in [5, 5.41) is 10.2. The van der Waals surface area contributed by atoms with Gasteiger partial charge in [-0.15, -0.1) is 0 Å². The predicted octanol–water partition coefficient (Wildman–Crippen LogP) is 5.76. The van der Waals surface area contributed by atoms with Crippen LogP contribution in [0.25, 0.3) is 22.7 Å². The van der Waals surface area contributed by atoms with Crippen molar-refractivity contribution in [3.05, 3.63) is 60.4 Å². The number of benzene rings is 1. The molecule has 3 nitrogen and oxygen atoms in total. The molecule has 2 aromatic heterocycles. The van der Waals surface area contributed by atoms with Crippen LogP contribution in [0.2, 0.25) is 0 Å². The fraction of sp³-hybridized carbons (Fsp3) is 0.286. The molecule has 1 fully saturated rings. The standard InChI is InChI=1S/C21H21NO2/c23-20-10-5-4-9-17(20)18-13-16(15-7-2-1-3-8-15)14-19(22-18)21-11-6-12-24-21/h4-6,9-15,23H,1-3,7-8H2. The van der Waals surface area contributed by atoms with Crippen molar-refractivity contribution in [2.24, 2.45) is 0 Å². The van der Waals surface area contributed by atoms with Gasteiger partial charge in [0.15, 0.2) is 5.76 Å². The molecule has 0 atom stereocenters. The van der Waals surface area contributed by atoms with Crippen LogP contribution in [0.3, 0.4) is 0 Å². The fourth-order valence-corrected chi connectivity index (χ4v) is 3.60. The first kappa shape index (κ1) is 15.0. The lowest BCUT2D eigenvalue weighted by atomic mass is 9.83. The van der Waals surface area contributed by atoms with Gasteiger partial charge >= 0.3 is 0 Å². The van der Waals surface area contributed by atoms with E-state index in [4.69, 9.17) is 9.40 Å². The number of nitrogens with zero attached hydrogens (tertiary/aromatic N) is 1. The van der Waals surface area contributed by atoms with Crippen molar-refractivity contribution in [3.63, 3.8) is 0 Å². The van der Waals surface area contributed by atoms with Crippen LogP contribution in [0.4, 0.5) is 0 Å². The van der Waals surface area contributed by atoms with Gasteiger partial charge in [0.05, 0.1) is 12.0 Å². The first-order valence-corrected chi connectivity index (χ1v) is 8.65. The summed E-state index contributed by atoms with van der Waals surface area (Å²) in [6, 6.07) is 15.5. The number of phenolic OH excluding ortho intramolecular Hbond substituents is 1. The van der Waals surface area contributed by atoms with Crippen molar-refractivity contribution in [2.75, 3.05) is 0 Å². The average molecular weight is 319 g/mol. The van der Waals surface area contributed by atoms with E-state index in [1.54, 1.807) is 12.3 Å². The number of hydrogen-bond acceptors (Lipinski definition) is 3. The predicted molar refractivity (Wildman–Crippen MR) is 94.9 cm³/mol. The zero-order valence-corrected chi connectivity index (χ0v) is 13.6. The third-order valence-corrected chi connectivity index (χ3v) is 4.88. The minimum atomic E-state index is 0.260. The molecule has 0 radical (unpaired) electrons. The lowest BCUT2D eigenvalue weighted by Gasteiger charge is -2.23. The molecule has 3 aromatic rings. The van der Waals surface area contributed by atoms with Crippen LogP contribution in [0, 0.1) is 0 Å². The largest absolute Gasteiger partial charge is 0.507 e. The van der Waals surface area contributed by atoms with E-state index in [0.717, 1.165) is 22.7 Å². The summed E-state index contributed by atoms with van der Waals surface area (Å²) in [4.78, 5) is 4.75. The smallest absolute Gasteiger partial charge is 0.152 e. The topological polar surface area (TPSA) is 46.3 Å². The monoisotopic (exact) mass is 319 g/mol. The highest BCUT2D eigenvalue weighted by Crippen LogP contribution is 2.37. The molecule has 0 bridgehead atoms. The first-order chi connectivity index (χ1) is 11.8. The summed E-state index contributed by atoms with van der Waals surface area (Å²) in [5.41, 5.74) is 3.71. The number of hydrogen-bond donors (Lipinski definition) is 1. The van der Waals surface area contributed by atoms with Crippen LogP contribution in [-0.2, 0) is 0 Å². The highest BCUT2D eigenvalue weighted by Gasteiger charge is 2.19. The molecule has 1 aromatic carbocycles. The maximum absolute atomic E-state index is 10.2. The lowest BCUT2D eigenvalue weighted by molar-refractivity contribution is 0.443. The Morgan fingerprint density at radius 3 is 2.46 bits per heavy atom. The summed E-state index contributed by atoms with van der Waals surface area (Å²) in [5.74, 6) is 1.60. The van der Waals surface area contributed by atoms with E-state index in [-0.39, 0.29) is 5.75 Å². The first-order valence-electron chi connectivity index (χ1n) is 8.65. The Labute approximate surface area is 142 Å². The summed E-state index contributed by atoms with van der Waals surface area (Å²) in [6.07, 6.45) is 8.02. The number of aromatic nitrogens is 1. The SMILES string of the molecule is Oc1ccccc1-c1cc(C2CCCCC2)cc(-c2ccco2)n1. The van der Waals surface area contributed by atoms with Gasteiger partial charge in [-0.1, -0.05) is 31.4 Å². The van der Waals surface area contributed by atoms with Gasteiger partial charge in [0.25, 0.3) is 0 Å². The van der Waals surface area contributed by atoms with Gasteiger partial charge in [-0.3, -0.25) is 0 Å². The molecule has 0 aliphatic heterocycles. The van der Waals surface area contributed by atoms with E-state index in [1.807, 2.05) is 30.3 Å². The number of aromatic hydroxyl groups is 1. The second-order valence-corrected chi connectivity index (χ2v) is 6.50. The van der Waals surface area contributed by atoms with E-state index in [0.29, 0.717) is 5.92 Å². The molecule has 0 unspecified atom stereocenters. The van der Waals surface area contributed by atoms with E-state index in [1.165, 1.54) is 37.7 Å². The highest BCUT2D eigenvalue weighted by atomic mass is 16.3. The normalized spacial score (nSPS) is 15.5. The number of para-hydroxylation sites is 1. The Bertz CT molecular complexity index is 818. The number of phenols is 1. The van der Waals surface area contributed by atoms with Crippen LogP contribution < -0.4 is 0 Å². The molecule has 122 valence electrons. The highest BCUT2D eigenvalue weighted by molar-refractivity contribution is 5.70. The van der Waals surface area contributed by atoms with Crippen LogP contribution in [0.5, 0.6) is 5.75 Å². The zero-order valence-electron chi connectivity index (χ0n) is 13.6. The average Bonchev–Trinajstić information content (AvgIpc) is 3.17. The van der Waals surface area contributed by atoms with E-state index >= 15 is 0 Å². The molecule has 2 heterocycles. The molecular weight excluding hydrogens is 298 g/mol. The minimum Gasteiger partial charge on any atom is -0.507 e. The van der Waals surface area contributed by atoms with Crippen molar-refractivity contribution in [1.82, 2.24) is 4.98 Å². The zero-order chi connectivity index (χ0) is 16.4. The Hall–Kier alpha value is -2.55. The minimum absolute atomic E-state index is 0.260. The third-order valence-electron chi connectivity index (χ3n) is 4.88. The molecule has 1 N–H and O–H groups in total. The Morgan fingerprint density at radius 1 is 0.917 bits per heavy atom. The lowest BCUT2D eigenvalue weighted by Crippen LogP contribution is -2.05. The van der Waals surface area contributed by atoms with Crippen LogP contribution in [0.1, 0.15) is 43.6 Å². The Morgan fingerprint density at radius 2 is 1.71 bits per heavy atom. The van der Waals surface area contributed by atoms with Gasteiger partial charge in [-0.2, -0.15) is 0 Å². The molecule has 1 saturated carbocycles. The molecule has 0 amide bonds. The number of furan rings is 1. The van der Waals surface area contributed by atoms with Gasteiger partial charge in [0.1, 0.15) is 11.4 Å². The van der Waals surface area contributed by atoms with Gasteiger partial charge in [-0.25, -0.2) is 4.98 Å². The Kier molecular flexibility index (Phi) is 4.08. The second-order valence-electron chi connectivity index (χ2n) is 6.50. The molecule has 0 spiro atoms. The van der Waals surface area contributed by atoms with Crippen molar-refractivity contribution < 1.29 is 9.52 Å². The number of rotatable bonds is 3. The molecule has 24 heavy (non-hydrogen) atoms. The van der Waals surface area contributed by atoms with Crippen LogP contribution in [-0.4, -0.2) is 10.1 Å². The van der Waals surface area contributed by atoms with Gasteiger partial charge in [0, 0.05) is 5.56 Å². The fourth-order valence-electron chi connectivity index (χ4n) is 3.60. The summed E-state index contributed by atoms with van der Waals surface area (Å²) < 4.78 is 5.56. The second kappa shape index (κ2) is 6.52. The van der Waals surface area contributed by atoms with Crippen molar-refractivity contribution >= 4 is 0 Å². The van der Waals surface area contributed by atoms with Gasteiger partial charge in [-0.05, 0) is 60.7 Å². The quantitative estimate of drug-likeness (QED) is 0.667. The Balaban J connectivity index is 1.83. The number of pyridine rings is 1. The van der Waals surface area contributed by atoms with E-state index in [2.05, 4.69) is 12.1 Å². The molecular formula is C21H21NO2. The van der Waals surface area contributed by atoms with Crippen molar-refractivity contribution in [1.29, 1.82) is 0 Å².